The molecule has 2 aromatic carbocycles. The number of carbonyl (C=O) groups is 2. The van der Waals surface area contributed by atoms with Gasteiger partial charge in [-0.15, -0.1) is 0 Å². The van der Waals surface area contributed by atoms with Crippen LogP contribution in [0.5, 0.6) is 0 Å². The molecule has 6 nitrogen and oxygen atoms in total. The maximum atomic E-state index is 14.8. The molecule has 162 valence electrons. The van der Waals surface area contributed by atoms with Crippen molar-refractivity contribution in [1.82, 2.24) is 10.6 Å². The molecule has 0 aromatic heterocycles. The van der Waals surface area contributed by atoms with E-state index >= 15 is 0 Å². The molecule has 0 radical (unpaired) electrons. The predicted octanol–water partition coefficient (Wildman–Crippen LogP) is 3.64. The van der Waals surface area contributed by atoms with Crippen LogP contribution in [0.15, 0.2) is 41.0 Å². The van der Waals surface area contributed by atoms with E-state index in [2.05, 4.69) is 31.9 Å². The molecule has 1 saturated heterocycles. The van der Waals surface area contributed by atoms with Crippen LogP contribution in [-0.4, -0.2) is 37.0 Å². The zero-order valence-electron chi connectivity index (χ0n) is 16.9. The third-order valence-corrected chi connectivity index (χ3v) is 5.76. The van der Waals surface area contributed by atoms with E-state index in [1.54, 1.807) is 23.1 Å². The fraction of sp³-hybridized carbons (Fsp3) is 0.273. The lowest BCUT2D eigenvalue weighted by molar-refractivity contribution is -0.114. The van der Waals surface area contributed by atoms with E-state index in [0.717, 1.165) is 0 Å². The summed E-state index contributed by atoms with van der Waals surface area (Å²) in [5.74, 6) is -2.46. The van der Waals surface area contributed by atoms with Gasteiger partial charge in [0, 0.05) is 52.7 Å². The molecule has 0 aliphatic carbocycles. The van der Waals surface area contributed by atoms with Crippen molar-refractivity contribution in [2.24, 2.45) is 0 Å². The summed E-state index contributed by atoms with van der Waals surface area (Å²) in [4.78, 5) is 26.1. The fourth-order valence-corrected chi connectivity index (χ4v) is 4.42. The first-order valence-electron chi connectivity index (χ1n) is 9.85. The van der Waals surface area contributed by atoms with Gasteiger partial charge < -0.3 is 15.5 Å². The van der Waals surface area contributed by atoms with Gasteiger partial charge in [0.25, 0.3) is 11.8 Å². The van der Waals surface area contributed by atoms with Crippen LogP contribution in [0.1, 0.15) is 29.8 Å². The molecule has 0 saturated carbocycles. The van der Waals surface area contributed by atoms with Crippen molar-refractivity contribution in [2.75, 3.05) is 23.3 Å². The highest BCUT2D eigenvalue weighted by Crippen LogP contribution is 2.30. The fourth-order valence-electron chi connectivity index (χ4n) is 4.06. The first kappa shape index (κ1) is 21.5. The minimum Gasteiger partial charge on any atom is -0.364 e. The molecule has 0 bridgehead atoms. The number of imide groups is 1. The van der Waals surface area contributed by atoms with E-state index < -0.39 is 23.4 Å². The number of halogens is 3. The van der Waals surface area contributed by atoms with Gasteiger partial charge in [-0.2, -0.15) is 0 Å². The number of nitrogens with one attached hydrogen (secondary N) is 3. The highest BCUT2D eigenvalue weighted by Gasteiger charge is 2.28. The molecule has 2 heterocycles. The van der Waals surface area contributed by atoms with Crippen LogP contribution >= 0.6 is 15.9 Å². The van der Waals surface area contributed by atoms with Gasteiger partial charge in [-0.25, -0.2) is 8.78 Å². The Morgan fingerprint density at radius 2 is 1.68 bits per heavy atom. The third-order valence-electron chi connectivity index (χ3n) is 5.26. The Morgan fingerprint density at radius 1 is 1.03 bits per heavy atom. The maximum Gasteiger partial charge on any atom is 0.260 e. The minimum atomic E-state index is -0.686. The van der Waals surface area contributed by atoms with Gasteiger partial charge in [0.05, 0.1) is 5.57 Å². The van der Waals surface area contributed by atoms with Crippen molar-refractivity contribution < 1.29 is 18.4 Å². The molecule has 4 rings (SSSR count). The number of piperazine rings is 1. The number of hydrogen-bond acceptors (Lipinski definition) is 5. The molecule has 2 amide bonds. The zero-order valence-corrected chi connectivity index (χ0v) is 18.5. The largest absolute Gasteiger partial charge is 0.364 e. The van der Waals surface area contributed by atoms with Crippen LogP contribution in [0.25, 0.3) is 5.57 Å². The Hall–Kier alpha value is -2.78. The van der Waals surface area contributed by atoms with Crippen molar-refractivity contribution in [3.05, 3.63) is 63.8 Å². The average Bonchev–Trinajstić information content (AvgIpc) is 2.66. The zero-order chi connectivity index (χ0) is 22.3. The van der Waals surface area contributed by atoms with Crippen molar-refractivity contribution in [3.8, 4) is 0 Å². The molecule has 0 unspecified atom stereocenters. The Bertz CT molecular complexity index is 1070. The normalized spacial score (nSPS) is 22.4. The van der Waals surface area contributed by atoms with Crippen molar-refractivity contribution in [1.29, 1.82) is 0 Å². The van der Waals surface area contributed by atoms with Gasteiger partial charge in [-0.05, 0) is 44.2 Å². The van der Waals surface area contributed by atoms with E-state index in [-0.39, 0.29) is 29.0 Å². The number of fused-ring (bicyclic) bond motifs is 1. The minimum absolute atomic E-state index is 0.0614. The predicted molar refractivity (Wildman–Crippen MR) is 119 cm³/mol. The summed E-state index contributed by atoms with van der Waals surface area (Å²) < 4.78 is 30.4. The van der Waals surface area contributed by atoms with Crippen LogP contribution in [0.3, 0.4) is 0 Å². The second-order valence-electron chi connectivity index (χ2n) is 7.84. The first-order chi connectivity index (χ1) is 14.7. The van der Waals surface area contributed by atoms with E-state index in [1.807, 2.05) is 13.8 Å². The number of nitrogens with zero attached hydrogens (tertiary/aromatic N) is 1. The van der Waals surface area contributed by atoms with Gasteiger partial charge >= 0.3 is 0 Å². The molecular weight excluding hydrogens is 470 g/mol. The van der Waals surface area contributed by atoms with Gasteiger partial charge in [0.2, 0.25) is 0 Å². The van der Waals surface area contributed by atoms with Crippen LogP contribution in [0.4, 0.5) is 20.2 Å². The number of rotatable bonds is 3. The molecule has 0 spiro atoms. The second kappa shape index (κ2) is 8.39. The number of anilines is 2. The highest BCUT2D eigenvalue weighted by atomic mass is 79.9. The molecule has 2 aliphatic heterocycles. The lowest BCUT2D eigenvalue weighted by Gasteiger charge is -2.37. The average molecular weight is 491 g/mol. The maximum absolute atomic E-state index is 14.8. The van der Waals surface area contributed by atoms with Crippen LogP contribution in [0.2, 0.25) is 0 Å². The SMILES string of the molecule is C[C@@H]1CN(c2c(F)cc(N/C=C3\C(=O)NC(=O)c4ccc(Br)cc43)cc2F)C[C@H](C)N1. The molecule has 9 heteroatoms. The van der Waals surface area contributed by atoms with Crippen molar-refractivity contribution in [3.63, 3.8) is 0 Å². The van der Waals surface area contributed by atoms with Crippen molar-refractivity contribution in [2.45, 2.75) is 25.9 Å². The second-order valence-corrected chi connectivity index (χ2v) is 8.75. The number of amides is 2. The number of hydrogen-bond donors (Lipinski definition) is 3. The molecule has 2 aromatic rings. The molecule has 3 N–H and O–H groups in total. The smallest absolute Gasteiger partial charge is 0.260 e. The molecule has 31 heavy (non-hydrogen) atoms. The summed E-state index contributed by atoms with van der Waals surface area (Å²) in [7, 11) is 0. The summed E-state index contributed by atoms with van der Waals surface area (Å²) in [6.07, 6.45) is 1.34. The van der Waals surface area contributed by atoms with E-state index in [9.17, 15) is 18.4 Å². The Labute approximate surface area is 186 Å². The van der Waals surface area contributed by atoms with Gasteiger partial charge in [-0.3, -0.25) is 14.9 Å². The highest BCUT2D eigenvalue weighted by molar-refractivity contribution is 9.10. The van der Waals surface area contributed by atoms with Crippen molar-refractivity contribution >= 4 is 44.7 Å². The summed E-state index contributed by atoms with van der Waals surface area (Å²) in [6.45, 7) is 4.93. The molecular formula is C22H21BrF2N4O2. The standard InChI is InChI=1S/C22H21BrF2N4O2/c1-11-9-29(10-12(2)27-11)20-18(24)6-14(7-19(20)25)26-8-17-16-5-13(23)3-4-15(16)21(30)28-22(17)31/h3-8,11-12,26-27H,9-10H2,1-2H3,(H,28,30,31)/b17-8-/t11-,12+. The van der Waals surface area contributed by atoms with E-state index in [4.69, 9.17) is 0 Å². The quantitative estimate of drug-likeness (QED) is 0.452. The van der Waals surface area contributed by atoms with Gasteiger partial charge in [0.1, 0.15) is 5.69 Å². The third kappa shape index (κ3) is 4.33. The number of carbonyl (C=O) groups excluding carboxylic acids is 2. The van der Waals surface area contributed by atoms with Gasteiger partial charge in [0.15, 0.2) is 11.6 Å². The summed E-state index contributed by atoms with van der Waals surface area (Å²) in [6, 6.07) is 7.55. The summed E-state index contributed by atoms with van der Waals surface area (Å²) in [5.41, 5.74) is 1.05. The lowest BCUT2D eigenvalue weighted by Crippen LogP contribution is -2.54. The number of benzene rings is 2. The first-order valence-corrected chi connectivity index (χ1v) is 10.6. The molecule has 1 fully saturated rings. The summed E-state index contributed by atoms with van der Waals surface area (Å²) in [5, 5.41) is 8.38. The Morgan fingerprint density at radius 3 is 2.32 bits per heavy atom. The van der Waals surface area contributed by atoms with Crippen LogP contribution in [0, 0.1) is 11.6 Å². The van der Waals surface area contributed by atoms with Crippen LogP contribution in [-0.2, 0) is 4.79 Å². The molecule has 2 aliphatic rings. The Balaban J connectivity index is 1.63. The topological polar surface area (TPSA) is 73.5 Å². The Kier molecular flexibility index (Phi) is 5.81. The lowest BCUT2D eigenvalue weighted by atomic mass is 9.95. The monoisotopic (exact) mass is 490 g/mol. The molecule has 2 atom stereocenters. The van der Waals surface area contributed by atoms with E-state index in [1.165, 1.54) is 18.3 Å². The summed E-state index contributed by atoms with van der Waals surface area (Å²) >= 11 is 3.33. The van der Waals surface area contributed by atoms with E-state index in [0.29, 0.717) is 28.7 Å². The van der Waals surface area contributed by atoms with Gasteiger partial charge in [-0.1, -0.05) is 15.9 Å². The van der Waals surface area contributed by atoms with Crippen LogP contribution < -0.4 is 20.9 Å².